The Balaban J connectivity index is 1.47. The van der Waals surface area contributed by atoms with Gasteiger partial charge < -0.3 is 14.7 Å². The monoisotopic (exact) mass is 506 g/mol. The highest BCUT2D eigenvalue weighted by Gasteiger charge is 2.31. The molecule has 1 fully saturated rings. The van der Waals surface area contributed by atoms with Crippen LogP contribution in [0.25, 0.3) is 0 Å². The Kier molecular flexibility index (Phi) is 6.26. The van der Waals surface area contributed by atoms with Crippen LogP contribution in [0.1, 0.15) is 45.7 Å². The topological polar surface area (TPSA) is 115 Å². The van der Waals surface area contributed by atoms with Crippen LogP contribution in [0.5, 0.6) is 0 Å². The van der Waals surface area contributed by atoms with Gasteiger partial charge in [-0.05, 0) is 5.56 Å². The largest absolute Gasteiger partial charge is 0.476 e. The van der Waals surface area contributed by atoms with Crippen molar-refractivity contribution in [2.24, 2.45) is 0 Å². The van der Waals surface area contributed by atoms with Crippen molar-refractivity contribution in [1.82, 2.24) is 24.9 Å². The maximum Gasteiger partial charge on any atom is 0.356 e. The van der Waals surface area contributed by atoms with Gasteiger partial charge in [0.05, 0.1) is 25.0 Å². The fourth-order valence-corrected chi connectivity index (χ4v) is 4.70. The summed E-state index contributed by atoms with van der Waals surface area (Å²) in [6.45, 7) is 1.56. The number of anilines is 1. The van der Waals surface area contributed by atoms with Crippen molar-refractivity contribution in [3.05, 3.63) is 73.9 Å². The maximum absolute atomic E-state index is 13.5. The van der Waals surface area contributed by atoms with Gasteiger partial charge in [-0.15, -0.1) is 0 Å². The number of ether oxygens (including phenoxy) is 1. The number of nitrogens with zero attached hydrogens (tertiary/aromatic N) is 5. The lowest BCUT2D eigenvalue weighted by atomic mass is 10.0. The molecule has 2 aliphatic heterocycles. The Hall–Kier alpha value is -3.35. The molecule has 4 heterocycles. The molecule has 0 radical (unpaired) electrons. The van der Waals surface area contributed by atoms with Crippen LogP contribution in [0.4, 0.5) is 14.5 Å². The van der Waals surface area contributed by atoms with E-state index in [4.69, 9.17) is 16.3 Å². The minimum Gasteiger partial charge on any atom is -0.476 e. The Bertz CT molecular complexity index is 1340. The summed E-state index contributed by atoms with van der Waals surface area (Å²) in [6, 6.07) is 6.11. The van der Waals surface area contributed by atoms with E-state index in [0.717, 1.165) is 4.68 Å². The molecule has 2 aliphatic rings. The molecule has 1 saturated heterocycles. The fourth-order valence-electron chi connectivity index (χ4n) is 4.44. The van der Waals surface area contributed by atoms with Gasteiger partial charge in [-0.3, -0.25) is 14.8 Å². The molecule has 2 aromatic heterocycles. The molecular weight excluding hydrogens is 486 g/mol. The fraction of sp³-hybridized carbons (Fsp3) is 0.364. The molecule has 5 rings (SSSR count). The van der Waals surface area contributed by atoms with Crippen LogP contribution in [0.15, 0.2) is 35.3 Å². The summed E-state index contributed by atoms with van der Waals surface area (Å²) in [6.07, 6.45) is -1.54. The highest BCUT2D eigenvalue weighted by atomic mass is 35.5. The van der Waals surface area contributed by atoms with Crippen LogP contribution in [-0.2, 0) is 24.2 Å². The minimum atomic E-state index is -2.66. The summed E-state index contributed by atoms with van der Waals surface area (Å²) in [5.41, 5.74) is 0.995. The van der Waals surface area contributed by atoms with Gasteiger partial charge in [-0.1, -0.05) is 35.9 Å². The molecule has 184 valence electrons. The molecule has 3 aromatic rings. The lowest BCUT2D eigenvalue weighted by molar-refractivity contribution is 0.0303. The van der Waals surface area contributed by atoms with E-state index in [-0.39, 0.29) is 29.4 Å². The second-order valence-corrected chi connectivity index (χ2v) is 8.56. The number of carboxylic acids is 1. The minimum absolute atomic E-state index is 0.0167. The molecule has 10 nitrogen and oxygen atoms in total. The second kappa shape index (κ2) is 9.36. The van der Waals surface area contributed by atoms with Crippen LogP contribution in [-0.4, -0.2) is 50.3 Å². The van der Waals surface area contributed by atoms with Gasteiger partial charge in [-0.2, -0.15) is 14.9 Å². The summed E-state index contributed by atoms with van der Waals surface area (Å²) in [7, 11) is 0. The van der Waals surface area contributed by atoms with Crippen LogP contribution >= 0.6 is 11.6 Å². The number of hydrogen-bond acceptors (Lipinski definition) is 7. The summed E-state index contributed by atoms with van der Waals surface area (Å²) in [5.74, 6) is -1.23. The van der Waals surface area contributed by atoms with E-state index < -0.39 is 24.3 Å². The number of carboxylic acid groups (broad SMARTS) is 1. The third-order valence-electron chi connectivity index (χ3n) is 6.13. The second-order valence-electron chi connectivity index (χ2n) is 8.18. The van der Waals surface area contributed by atoms with Crippen molar-refractivity contribution in [1.29, 1.82) is 0 Å². The van der Waals surface area contributed by atoms with Gasteiger partial charge in [0.2, 0.25) is 6.35 Å². The van der Waals surface area contributed by atoms with E-state index in [0.29, 0.717) is 48.6 Å². The molecule has 0 amide bonds. The van der Waals surface area contributed by atoms with E-state index in [1.807, 2.05) is 0 Å². The number of aromatic carboxylic acids is 1. The van der Waals surface area contributed by atoms with Gasteiger partial charge in [0.15, 0.2) is 5.69 Å². The Labute approximate surface area is 202 Å². The number of nitrogens with one attached hydrogen (secondary N) is 1. The van der Waals surface area contributed by atoms with Gasteiger partial charge in [0.25, 0.3) is 12.0 Å². The third kappa shape index (κ3) is 4.28. The van der Waals surface area contributed by atoms with Crippen molar-refractivity contribution in [2.75, 3.05) is 24.6 Å². The van der Waals surface area contributed by atoms with E-state index in [2.05, 4.69) is 15.5 Å². The van der Waals surface area contributed by atoms with Gasteiger partial charge in [-0.25, -0.2) is 13.6 Å². The predicted octanol–water partition coefficient (Wildman–Crippen LogP) is 2.42. The first kappa shape index (κ1) is 23.4. The lowest BCUT2D eigenvalue weighted by Crippen LogP contribution is -2.37. The van der Waals surface area contributed by atoms with E-state index >= 15 is 0 Å². The molecule has 0 spiro atoms. The van der Waals surface area contributed by atoms with E-state index in [1.54, 1.807) is 17.0 Å². The number of alkyl halides is 2. The highest BCUT2D eigenvalue weighted by Crippen LogP contribution is 2.31. The Morgan fingerprint density at radius 1 is 1.34 bits per heavy atom. The standard InChI is InChI=1S/C22H21ClF2N6O4/c23-17-16(9-27-31(20(17)32)22-26-6-8-35-22)29-7-5-15-14(11-29)18(21(33)34)28-30(15)10-12-3-1-2-4-13(12)19(24)25/h1-4,9,19,22,26H,5-8,10-11H2,(H,33,34). The van der Waals surface area contributed by atoms with Crippen LogP contribution in [0.3, 0.4) is 0 Å². The lowest BCUT2D eigenvalue weighted by Gasteiger charge is -2.30. The molecule has 1 atom stereocenters. The molecular formula is C22H21ClF2N6O4. The number of halogens is 3. The van der Waals surface area contributed by atoms with Crippen molar-refractivity contribution in [2.45, 2.75) is 32.3 Å². The van der Waals surface area contributed by atoms with Crippen LogP contribution < -0.4 is 15.8 Å². The molecule has 1 aromatic carbocycles. The van der Waals surface area contributed by atoms with Crippen molar-refractivity contribution in [3.8, 4) is 0 Å². The average Bonchev–Trinajstić information content (AvgIpc) is 3.49. The van der Waals surface area contributed by atoms with Crippen molar-refractivity contribution >= 4 is 23.3 Å². The van der Waals surface area contributed by atoms with Crippen molar-refractivity contribution < 1.29 is 23.4 Å². The first-order valence-electron chi connectivity index (χ1n) is 10.9. The summed E-state index contributed by atoms with van der Waals surface area (Å²) >= 11 is 6.39. The number of carbonyl (C=O) groups is 1. The number of fused-ring (bicyclic) bond motifs is 1. The number of rotatable bonds is 6. The van der Waals surface area contributed by atoms with Crippen molar-refractivity contribution in [3.63, 3.8) is 0 Å². The predicted molar refractivity (Wildman–Crippen MR) is 121 cm³/mol. The molecule has 1 unspecified atom stereocenters. The molecule has 0 saturated carbocycles. The Morgan fingerprint density at radius 3 is 2.86 bits per heavy atom. The van der Waals surface area contributed by atoms with Gasteiger partial charge in [0, 0.05) is 42.9 Å². The summed E-state index contributed by atoms with van der Waals surface area (Å²) in [4.78, 5) is 26.5. The van der Waals surface area contributed by atoms with Crippen LogP contribution in [0, 0.1) is 0 Å². The molecule has 35 heavy (non-hydrogen) atoms. The van der Waals surface area contributed by atoms with Crippen LogP contribution in [0.2, 0.25) is 5.02 Å². The van der Waals surface area contributed by atoms with E-state index in [9.17, 15) is 23.5 Å². The molecule has 0 aliphatic carbocycles. The van der Waals surface area contributed by atoms with E-state index in [1.165, 1.54) is 23.0 Å². The quantitative estimate of drug-likeness (QED) is 0.524. The zero-order valence-electron chi connectivity index (χ0n) is 18.3. The zero-order valence-corrected chi connectivity index (χ0v) is 19.1. The average molecular weight is 507 g/mol. The smallest absolute Gasteiger partial charge is 0.356 e. The number of hydrogen-bond donors (Lipinski definition) is 2. The van der Waals surface area contributed by atoms with Gasteiger partial charge in [0.1, 0.15) is 5.02 Å². The molecule has 2 N–H and O–H groups in total. The zero-order chi connectivity index (χ0) is 24.7. The third-order valence-corrected chi connectivity index (χ3v) is 6.49. The normalized spacial score (nSPS) is 17.7. The Morgan fingerprint density at radius 2 is 2.14 bits per heavy atom. The number of aromatic nitrogens is 4. The first-order chi connectivity index (χ1) is 16.8. The van der Waals surface area contributed by atoms with Gasteiger partial charge >= 0.3 is 5.97 Å². The first-order valence-corrected chi connectivity index (χ1v) is 11.3. The molecule has 13 heteroatoms. The number of benzene rings is 1. The summed E-state index contributed by atoms with van der Waals surface area (Å²) < 4.78 is 34.9. The highest BCUT2D eigenvalue weighted by molar-refractivity contribution is 6.33. The molecule has 0 bridgehead atoms. The SMILES string of the molecule is O=C(O)c1nn(Cc2ccccc2C(F)F)c2c1CN(c1cnn(C3NCCO3)c(=O)c1Cl)CC2. The summed E-state index contributed by atoms with van der Waals surface area (Å²) in [5, 5.41) is 21.1. The maximum atomic E-state index is 13.5.